The Bertz CT molecular complexity index is 697. The van der Waals surface area contributed by atoms with E-state index in [0.29, 0.717) is 18.5 Å². The first-order valence-electron chi connectivity index (χ1n) is 7.37. The molecule has 0 N–H and O–H groups in total. The Balaban J connectivity index is 2.13. The van der Waals surface area contributed by atoms with Crippen LogP contribution in [0.1, 0.15) is 16.7 Å². The molecule has 0 heterocycles. The van der Waals surface area contributed by atoms with Gasteiger partial charge >= 0.3 is 0 Å². The molecule has 0 aliphatic carbocycles. The number of carbonyl (C=O) groups is 1. The van der Waals surface area contributed by atoms with Crippen molar-refractivity contribution in [2.45, 2.75) is 19.9 Å². The lowest BCUT2D eigenvalue weighted by Gasteiger charge is -2.22. The van der Waals surface area contributed by atoms with Gasteiger partial charge in [0.25, 0.3) is 0 Å². The molecule has 2 aromatic carbocycles. The van der Waals surface area contributed by atoms with Crippen LogP contribution in [0, 0.1) is 12.7 Å². The van der Waals surface area contributed by atoms with Gasteiger partial charge in [-0.2, -0.15) is 0 Å². The van der Waals surface area contributed by atoms with Gasteiger partial charge in [0.15, 0.2) is 0 Å². The quantitative estimate of drug-likeness (QED) is 0.672. The Kier molecular flexibility index (Phi) is 6.11. The SMILES string of the molecule is C=CCN(Cc1cc(Br)ccc1F)C(=O)Cc1ccc(C)cc1. The number of hydrogen-bond acceptors (Lipinski definition) is 1. The molecule has 2 nitrogen and oxygen atoms in total. The minimum Gasteiger partial charge on any atom is -0.334 e. The van der Waals surface area contributed by atoms with Crippen molar-refractivity contribution in [2.75, 3.05) is 6.54 Å². The largest absolute Gasteiger partial charge is 0.334 e. The molecule has 23 heavy (non-hydrogen) atoms. The normalized spacial score (nSPS) is 10.4. The van der Waals surface area contributed by atoms with Gasteiger partial charge in [-0.1, -0.05) is 51.8 Å². The molecule has 120 valence electrons. The van der Waals surface area contributed by atoms with Crippen molar-refractivity contribution in [3.8, 4) is 0 Å². The molecule has 2 rings (SSSR count). The highest BCUT2D eigenvalue weighted by atomic mass is 79.9. The first kappa shape index (κ1) is 17.4. The van der Waals surface area contributed by atoms with Crippen LogP contribution in [0.25, 0.3) is 0 Å². The van der Waals surface area contributed by atoms with E-state index >= 15 is 0 Å². The highest BCUT2D eigenvalue weighted by molar-refractivity contribution is 9.10. The molecule has 0 saturated carbocycles. The summed E-state index contributed by atoms with van der Waals surface area (Å²) in [7, 11) is 0. The molecule has 0 aliphatic rings. The number of amides is 1. The zero-order chi connectivity index (χ0) is 16.8. The Hall–Kier alpha value is -1.94. The second kappa shape index (κ2) is 8.06. The summed E-state index contributed by atoms with van der Waals surface area (Å²) in [4.78, 5) is 14.1. The topological polar surface area (TPSA) is 20.3 Å². The molecule has 1 amide bonds. The Morgan fingerprint density at radius 2 is 1.96 bits per heavy atom. The standard InChI is InChI=1S/C19H19BrFNO/c1-3-10-22(13-16-12-17(20)8-9-18(16)21)19(23)11-15-6-4-14(2)5-7-15/h3-9,12H,1,10-11,13H2,2H3. The first-order chi connectivity index (χ1) is 11.0. The van der Waals surface area contributed by atoms with Crippen molar-refractivity contribution in [3.63, 3.8) is 0 Å². The smallest absolute Gasteiger partial charge is 0.227 e. The van der Waals surface area contributed by atoms with Gasteiger partial charge in [-0.25, -0.2) is 4.39 Å². The molecular weight excluding hydrogens is 357 g/mol. The number of carbonyl (C=O) groups excluding carboxylic acids is 1. The predicted molar refractivity (Wildman–Crippen MR) is 94.6 cm³/mol. The van der Waals surface area contributed by atoms with Gasteiger partial charge in [-0.05, 0) is 30.7 Å². The summed E-state index contributed by atoms with van der Waals surface area (Å²) in [6.45, 7) is 6.30. The summed E-state index contributed by atoms with van der Waals surface area (Å²) in [5.74, 6) is -0.362. The predicted octanol–water partition coefficient (Wildman–Crippen LogP) is 4.65. The molecule has 4 heteroatoms. The van der Waals surface area contributed by atoms with Crippen molar-refractivity contribution in [3.05, 3.63) is 82.1 Å². The van der Waals surface area contributed by atoms with E-state index in [2.05, 4.69) is 22.5 Å². The van der Waals surface area contributed by atoms with Crippen molar-refractivity contribution >= 4 is 21.8 Å². The molecule has 0 radical (unpaired) electrons. The molecule has 0 saturated heterocycles. The maximum absolute atomic E-state index is 13.9. The summed E-state index contributed by atoms with van der Waals surface area (Å²) in [6.07, 6.45) is 1.95. The van der Waals surface area contributed by atoms with Crippen LogP contribution in [0.2, 0.25) is 0 Å². The zero-order valence-electron chi connectivity index (χ0n) is 13.1. The summed E-state index contributed by atoms with van der Waals surface area (Å²) in [6, 6.07) is 12.6. The van der Waals surface area contributed by atoms with E-state index in [4.69, 9.17) is 0 Å². The van der Waals surface area contributed by atoms with Crippen LogP contribution in [-0.4, -0.2) is 17.4 Å². The minimum absolute atomic E-state index is 0.0480. The maximum atomic E-state index is 13.9. The van der Waals surface area contributed by atoms with Gasteiger partial charge < -0.3 is 4.90 Å². The third-order valence-corrected chi connectivity index (χ3v) is 4.04. The van der Waals surface area contributed by atoms with Gasteiger partial charge in [0, 0.05) is 23.1 Å². The number of nitrogens with zero attached hydrogens (tertiary/aromatic N) is 1. The third kappa shape index (κ3) is 5.03. The van der Waals surface area contributed by atoms with Crippen LogP contribution in [-0.2, 0) is 17.8 Å². The molecule has 0 fully saturated rings. The maximum Gasteiger partial charge on any atom is 0.227 e. The molecule has 0 spiro atoms. The number of aryl methyl sites for hydroxylation is 1. The van der Waals surface area contributed by atoms with Crippen molar-refractivity contribution < 1.29 is 9.18 Å². The minimum atomic E-state index is -0.314. The lowest BCUT2D eigenvalue weighted by atomic mass is 10.1. The zero-order valence-corrected chi connectivity index (χ0v) is 14.6. The van der Waals surface area contributed by atoms with Gasteiger partial charge in [-0.3, -0.25) is 4.79 Å². The van der Waals surface area contributed by atoms with Crippen LogP contribution in [0.15, 0.2) is 59.6 Å². The summed E-state index contributed by atoms with van der Waals surface area (Å²) in [5.41, 5.74) is 2.59. The van der Waals surface area contributed by atoms with E-state index in [9.17, 15) is 9.18 Å². The first-order valence-corrected chi connectivity index (χ1v) is 8.17. The number of rotatable bonds is 6. The van der Waals surface area contributed by atoms with Crippen LogP contribution < -0.4 is 0 Å². The highest BCUT2D eigenvalue weighted by Crippen LogP contribution is 2.18. The van der Waals surface area contributed by atoms with Gasteiger partial charge in [-0.15, -0.1) is 6.58 Å². The van der Waals surface area contributed by atoms with Crippen molar-refractivity contribution in [1.82, 2.24) is 4.90 Å². The molecule has 0 aromatic heterocycles. The van der Waals surface area contributed by atoms with Crippen molar-refractivity contribution in [1.29, 1.82) is 0 Å². The Labute approximate surface area is 144 Å². The average molecular weight is 376 g/mol. The fourth-order valence-corrected chi connectivity index (χ4v) is 2.68. The van der Waals surface area contributed by atoms with E-state index in [1.54, 1.807) is 23.1 Å². The third-order valence-electron chi connectivity index (χ3n) is 3.55. The second-order valence-electron chi connectivity index (χ2n) is 5.46. The Morgan fingerprint density at radius 3 is 2.61 bits per heavy atom. The van der Waals surface area contributed by atoms with Crippen LogP contribution in [0.4, 0.5) is 4.39 Å². The number of halogens is 2. The van der Waals surface area contributed by atoms with E-state index in [1.165, 1.54) is 6.07 Å². The molecule has 0 atom stereocenters. The van der Waals surface area contributed by atoms with Gasteiger partial charge in [0.05, 0.1) is 6.42 Å². The lowest BCUT2D eigenvalue weighted by Crippen LogP contribution is -2.32. The average Bonchev–Trinajstić information content (AvgIpc) is 2.52. The van der Waals surface area contributed by atoms with Crippen LogP contribution in [0.3, 0.4) is 0 Å². The monoisotopic (exact) mass is 375 g/mol. The Morgan fingerprint density at radius 1 is 1.26 bits per heavy atom. The van der Waals surface area contributed by atoms with Crippen LogP contribution in [0.5, 0.6) is 0 Å². The van der Waals surface area contributed by atoms with E-state index in [-0.39, 0.29) is 18.3 Å². The second-order valence-corrected chi connectivity index (χ2v) is 6.38. The molecule has 0 unspecified atom stereocenters. The van der Waals surface area contributed by atoms with E-state index in [0.717, 1.165) is 15.6 Å². The summed E-state index contributed by atoms with van der Waals surface area (Å²) in [5, 5.41) is 0. The van der Waals surface area contributed by atoms with Gasteiger partial charge in [0.1, 0.15) is 5.82 Å². The van der Waals surface area contributed by atoms with E-state index < -0.39 is 0 Å². The number of benzene rings is 2. The molecule has 0 aliphatic heterocycles. The van der Waals surface area contributed by atoms with E-state index in [1.807, 2.05) is 31.2 Å². The van der Waals surface area contributed by atoms with Gasteiger partial charge in [0.2, 0.25) is 5.91 Å². The molecular formula is C19H19BrFNO. The number of hydrogen-bond donors (Lipinski definition) is 0. The summed E-state index contributed by atoms with van der Waals surface area (Å²) >= 11 is 3.33. The van der Waals surface area contributed by atoms with Crippen molar-refractivity contribution in [2.24, 2.45) is 0 Å². The fourth-order valence-electron chi connectivity index (χ4n) is 2.27. The van der Waals surface area contributed by atoms with Crippen LogP contribution >= 0.6 is 15.9 Å². The highest BCUT2D eigenvalue weighted by Gasteiger charge is 2.15. The lowest BCUT2D eigenvalue weighted by molar-refractivity contribution is -0.130. The fraction of sp³-hybridized carbons (Fsp3) is 0.211. The molecule has 2 aromatic rings. The summed E-state index contributed by atoms with van der Waals surface area (Å²) < 4.78 is 14.7. The molecule has 0 bridgehead atoms.